The van der Waals surface area contributed by atoms with Gasteiger partial charge in [0, 0.05) is 27.1 Å². The lowest BCUT2D eigenvalue weighted by molar-refractivity contribution is 0.745. The fourth-order valence-electron chi connectivity index (χ4n) is 9.01. The van der Waals surface area contributed by atoms with E-state index in [-0.39, 0.29) is 0 Å². The lowest BCUT2D eigenvalue weighted by Crippen LogP contribution is -2.30. The van der Waals surface area contributed by atoms with E-state index in [1.54, 1.807) is 0 Å². The third-order valence-corrected chi connectivity index (χ3v) is 11.6. The summed E-state index contributed by atoms with van der Waals surface area (Å²) >= 11 is 0. The summed E-state index contributed by atoms with van der Waals surface area (Å²) in [5.74, 6) is 1.54. The van der Waals surface area contributed by atoms with Crippen molar-refractivity contribution in [1.29, 1.82) is 5.26 Å². The van der Waals surface area contributed by atoms with Crippen molar-refractivity contribution < 1.29 is 0 Å². The maximum absolute atomic E-state index is 9.84. The van der Waals surface area contributed by atoms with Crippen molar-refractivity contribution >= 4 is 43.6 Å². The Bertz CT molecular complexity index is 3230. The van der Waals surface area contributed by atoms with E-state index in [1.807, 2.05) is 30.3 Å². The van der Waals surface area contributed by atoms with Crippen LogP contribution in [-0.2, 0) is 5.41 Å². The zero-order valence-electron chi connectivity index (χ0n) is 31.8. The first-order valence-electron chi connectivity index (χ1n) is 19.7. The van der Waals surface area contributed by atoms with Gasteiger partial charge in [-0.25, -0.2) is 0 Å². The van der Waals surface area contributed by atoms with Crippen molar-refractivity contribution in [3.05, 3.63) is 234 Å². The Hall–Kier alpha value is -8.14. The molecule has 0 atom stereocenters. The summed E-state index contributed by atoms with van der Waals surface area (Å²) in [5.41, 5.74) is 9.37. The monoisotopic (exact) mass is 754 g/mol. The van der Waals surface area contributed by atoms with E-state index in [2.05, 4.69) is 191 Å². The minimum atomic E-state index is -0.591. The molecule has 0 radical (unpaired) electrons. The summed E-state index contributed by atoms with van der Waals surface area (Å²) in [6.07, 6.45) is 0. The Morgan fingerprint density at radius 1 is 0.373 bits per heavy atom. The summed E-state index contributed by atoms with van der Waals surface area (Å²) in [5, 5.41) is 14.1. The fraction of sp³-hybridized carbons (Fsp3) is 0.0189. The van der Waals surface area contributed by atoms with Crippen molar-refractivity contribution in [2.75, 3.05) is 0 Å². The molecule has 8 aromatic carbocycles. The molecule has 276 valence electrons. The molecule has 3 heterocycles. The van der Waals surface area contributed by atoms with E-state index in [9.17, 15) is 5.26 Å². The minimum absolute atomic E-state index is 0.485. The molecule has 0 N–H and O–H groups in total. The van der Waals surface area contributed by atoms with Crippen LogP contribution in [0.1, 0.15) is 27.8 Å². The third kappa shape index (κ3) is 5.37. The van der Waals surface area contributed by atoms with E-state index in [4.69, 9.17) is 15.0 Å². The zero-order chi connectivity index (χ0) is 39.3. The van der Waals surface area contributed by atoms with Gasteiger partial charge in [0.25, 0.3) is 0 Å². The van der Waals surface area contributed by atoms with Gasteiger partial charge in [0.15, 0.2) is 5.82 Å². The molecule has 0 aliphatic rings. The number of hydrogen-bond acceptors (Lipinski definition) is 4. The number of nitriles is 1. The van der Waals surface area contributed by atoms with Crippen molar-refractivity contribution in [1.82, 2.24) is 24.1 Å². The van der Waals surface area contributed by atoms with E-state index >= 15 is 0 Å². The molecule has 6 heteroatoms. The number of hydrogen-bond donors (Lipinski definition) is 0. The normalized spacial score (nSPS) is 11.7. The predicted molar refractivity (Wildman–Crippen MR) is 237 cm³/mol. The average Bonchev–Trinajstić information content (AvgIpc) is 3.83. The number of aromatic nitrogens is 5. The molecular weight excluding hydrogens is 721 g/mol. The highest BCUT2D eigenvalue weighted by atomic mass is 15.3. The molecule has 0 aliphatic carbocycles. The number of para-hydroxylation sites is 3. The van der Waals surface area contributed by atoms with Crippen LogP contribution in [0.4, 0.5) is 0 Å². The van der Waals surface area contributed by atoms with Crippen LogP contribution in [0.3, 0.4) is 0 Å². The predicted octanol–water partition coefficient (Wildman–Crippen LogP) is 12.0. The number of rotatable bonds is 7. The molecular formula is C53H34N6. The molecule has 11 rings (SSSR count). The van der Waals surface area contributed by atoms with Crippen LogP contribution >= 0.6 is 0 Å². The molecule has 11 aromatic rings. The van der Waals surface area contributed by atoms with Gasteiger partial charge in [0.1, 0.15) is 0 Å². The third-order valence-electron chi connectivity index (χ3n) is 11.6. The van der Waals surface area contributed by atoms with Crippen molar-refractivity contribution in [2.45, 2.75) is 5.41 Å². The van der Waals surface area contributed by atoms with Gasteiger partial charge >= 0.3 is 0 Å². The zero-order valence-corrected chi connectivity index (χ0v) is 31.8. The van der Waals surface area contributed by atoms with E-state index < -0.39 is 5.41 Å². The number of nitrogens with zero attached hydrogens (tertiary/aromatic N) is 6. The highest BCUT2D eigenvalue weighted by Crippen LogP contribution is 2.45. The Balaban J connectivity index is 1.17. The van der Waals surface area contributed by atoms with Gasteiger partial charge in [-0.3, -0.25) is 9.13 Å². The van der Waals surface area contributed by atoms with Gasteiger partial charge in [0.05, 0.1) is 39.1 Å². The topological polar surface area (TPSA) is 72.3 Å². The summed E-state index contributed by atoms with van der Waals surface area (Å²) in [6.45, 7) is 0. The number of benzene rings is 8. The fourth-order valence-corrected chi connectivity index (χ4v) is 9.01. The van der Waals surface area contributed by atoms with Gasteiger partial charge in [-0.2, -0.15) is 20.2 Å². The molecule has 0 bridgehead atoms. The second kappa shape index (κ2) is 13.8. The SMILES string of the molecule is N#Cc1ccc2c(c1)c1ccccc1n2-c1nc(-c2ccc(C(c3ccccc3)(c3ccccc3)c3ccccc3)cc2)nc(-n2c3ccccc3c3ccccc32)n1. The molecule has 0 saturated carbocycles. The molecule has 6 nitrogen and oxygen atoms in total. The van der Waals surface area contributed by atoms with Gasteiger partial charge in [0.2, 0.25) is 11.9 Å². The van der Waals surface area contributed by atoms with Crippen LogP contribution in [0.15, 0.2) is 206 Å². The van der Waals surface area contributed by atoms with Crippen molar-refractivity contribution in [3.8, 4) is 29.4 Å². The highest BCUT2D eigenvalue weighted by molar-refractivity contribution is 6.10. The molecule has 3 aromatic heterocycles. The second-order valence-corrected chi connectivity index (χ2v) is 14.8. The smallest absolute Gasteiger partial charge is 0.240 e. The largest absolute Gasteiger partial charge is 0.278 e. The van der Waals surface area contributed by atoms with Crippen LogP contribution in [0, 0.1) is 11.3 Å². The first kappa shape index (κ1) is 34.1. The number of fused-ring (bicyclic) bond motifs is 6. The standard InChI is InChI=1S/C53H34N6/c54-35-36-28-33-49-45(34-36)44-24-12-15-27-48(44)59(49)52-56-50(55-51(57-52)58-46-25-13-10-22-42(46)43-23-11-14-26-47(43)58)37-29-31-41(32-30-37)53(38-16-4-1-5-17-38,39-18-6-2-7-19-39)40-20-8-3-9-21-40/h1-34H. The van der Waals surface area contributed by atoms with E-state index in [0.717, 1.165) is 54.7 Å². The summed E-state index contributed by atoms with van der Waals surface area (Å²) in [7, 11) is 0. The van der Waals surface area contributed by atoms with E-state index in [0.29, 0.717) is 23.3 Å². The second-order valence-electron chi connectivity index (χ2n) is 14.8. The Morgan fingerprint density at radius 3 is 1.22 bits per heavy atom. The molecule has 0 saturated heterocycles. The van der Waals surface area contributed by atoms with Crippen molar-refractivity contribution in [3.63, 3.8) is 0 Å². The Morgan fingerprint density at radius 2 is 0.763 bits per heavy atom. The lowest BCUT2D eigenvalue weighted by atomic mass is 9.65. The maximum atomic E-state index is 9.84. The first-order chi connectivity index (χ1) is 29.2. The minimum Gasteiger partial charge on any atom is -0.278 e. The Kier molecular flexibility index (Phi) is 7.99. The van der Waals surface area contributed by atoms with Crippen LogP contribution in [0.2, 0.25) is 0 Å². The highest BCUT2D eigenvalue weighted by Gasteiger charge is 2.38. The molecule has 0 fully saturated rings. The first-order valence-corrected chi connectivity index (χ1v) is 19.7. The van der Waals surface area contributed by atoms with Crippen LogP contribution in [-0.4, -0.2) is 24.1 Å². The molecule has 0 spiro atoms. The van der Waals surface area contributed by atoms with Crippen LogP contribution in [0.5, 0.6) is 0 Å². The van der Waals surface area contributed by atoms with Gasteiger partial charge < -0.3 is 0 Å². The Labute approximate surface area is 340 Å². The molecule has 0 amide bonds. The molecule has 0 aliphatic heterocycles. The van der Waals surface area contributed by atoms with Crippen molar-refractivity contribution in [2.24, 2.45) is 0 Å². The quantitative estimate of drug-likeness (QED) is 0.152. The summed E-state index contributed by atoms with van der Waals surface area (Å²) in [4.78, 5) is 15.9. The van der Waals surface area contributed by atoms with Crippen LogP contribution in [0.25, 0.3) is 66.9 Å². The summed E-state index contributed by atoms with van der Waals surface area (Å²) < 4.78 is 4.23. The van der Waals surface area contributed by atoms with Crippen LogP contribution < -0.4 is 0 Å². The van der Waals surface area contributed by atoms with Gasteiger partial charge in [-0.15, -0.1) is 0 Å². The van der Waals surface area contributed by atoms with Gasteiger partial charge in [-0.05, 0) is 58.7 Å². The van der Waals surface area contributed by atoms with E-state index in [1.165, 1.54) is 16.7 Å². The average molecular weight is 755 g/mol. The molecule has 0 unspecified atom stereocenters. The maximum Gasteiger partial charge on any atom is 0.240 e. The lowest BCUT2D eigenvalue weighted by Gasteiger charge is -2.37. The summed E-state index contributed by atoms with van der Waals surface area (Å²) in [6, 6.07) is 74.0. The molecule has 59 heavy (non-hydrogen) atoms. The van der Waals surface area contributed by atoms with Gasteiger partial charge in [-0.1, -0.05) is 170 Å².